The summed E-state index contributed by atoms with van der Waals surface area (Å²) in [7, 11) is 0. The molecule has 1 N–H and O–H groups in total. The van der Waals surface area contributed by atoms with Gasteiger partial charge in [-0.3, -0.25) is 9.59 Å². The van der Waals surface area contributed by atoms with E-state index in [4.69, 9.17) is 16.3 Å². The maximum atomic E-state index is 13.3. The summed E-state index contributed by atoms with van der Waals surface area (Å²) in [6, 6.07) is 11.2. The normalized spacial score (nSPS) is 17.1. The van der Waals surface area contributed by atoms with E-state index in [2.05, 4.69) is 10.2 Å². The second-order valence-electron chi connectivity index (χ2n) is 6.59. The van der Waals surface area contributed by atoms with Crippen molar-refractivity contribution in [3.63, 3.8) is 0 Å². The van der Waals surface area contributed by atoms with Crippen LogP contribution in [0.5, 0.6) is 0 Å². The van der Waals surface area contributed by atoms with E-state index in [0.717, 1.165) is 0 Å². The van der Waals surface area contributed by atoms with Crippen LogP contribution < -0.4 is 5.56 Å². The van der Waals surface area contributed by atoms with Crippen LogP contribution in [0.2, 0.25) is 5.02 Å². The molecule has 1 saturated heterocycles. The van der Waals surface area contributed by atoms with Gasteiger partial charge < -0.3 is 9.64 Å². The number of nitrogens with one attached hydrogen (secondary N) is 1. The summed E-state index contributed by atoms with van der Waals surface area (Å²) in [5.74, 6) is -0.551. The zero-order valence-electron chi connectivity index (χ0n) is 14.8. The van der Waals surface area contributed by atoms with Crippen molar-refractivity contribution < 1.29 is 13.9 Å². The monoisotopic (exact) mass is 401 g/mol. The molecule has 0 spiro atoms. The number of carbonyl (C=O) groups excluding carboxylic acids is 1. The lowest BCUT2D eigenvalue weighted by molar-refractivity contribution is -0.138. The van der Waals surface area contributed by atoms with Crippen LogP contribution in [-0.4, -0.2) is 40.7 Å². The van der Waals surface area contributed by atoms with E-state index in [1.807, 2.05) is 0 Å². The summed E-state index contributed by atoms with van der Waals surface area (Å²) in [6.45, 7) is 1.10. The first kappa shape index (κ1) is 18.6. The fourth-order valence-electron chi connectivity index (χ4n) is 3.39. The predicted molar refractivity (Wildman–Crippen MR) is 103 cm³/mol. The smallest absolute Gasteiger partial charge is 0.272 e. The van der Waals surface area contributed by atoms with Gasteiger partial charge in [-0.1, -0.05) is 35.9 Å². The average Bonchev–Trinajstić information content (AvgIpc) is 2.70. The Morgan fingerprint density at radius 1 is 1.29 bits per heavy atom. The third kappa shape index (κ3) is 3.63. The van der Waals surface area contributed by atoms with Gasteiger partial charge in [0.1, 0.15) is 11.9 Å². The molecule has 2 heterocycles. The minimum atomic E-state index is -0.425. The number of rotatable bonds is 3. The van der Waals surface area contributed by atoms with Crippen LogP contribution in [0, 0.1) is 5.82 Å². The number of aromatic amines is 1. The zero-order valence-corrected chi connectivity index (χ0v) is 15.6. The Bertz CT molecular complexity index is 1100. The van der Waals surface area contributed by atoms with E-state index < -0.39 is 11.9 Å². The van der Waals surface area contributed by atoms with Gasteiger partial charge in [0.15, 0.2) is 0 Å². The Kier molecular flexibility index (Phi) is 5.11. The van der Waals surface area contributed by atoms with E-state index in [0.29, 0.717) is 41.7 Å². The van der Waals surface area contributed by atoms with E-state index in [1.54, 1.807) is 35.2 Å². The number of nitrogens with zero attached hydrogens (tertiary/aromatic N) is 2. The van der Waals surface area contributed by atoms with Crippen molar-refractivity contribution in [2.24, 2.45) is 0 Å². The third-order valence-electron chi connectivity index (χ3n) is 4.82. The fraction of sp³-hybridized carbons (Fsp3) is 0.250. The summed E-state index contributed by atoms with van der Waals surface area (Å²) in [5, 5.41) is 7.94. The van der Waals surface area contributed by atoms with Crippen LogP contribution in [0.1, 0.15) is 17.4 Å². The van der Waals surface area contributed by atoms with Gasteiger partial charge in [0.05, 0.1) is 30.7 Å². The van der Waals surface area contributed by atoms with E-state index >= 15 is 0 Å². The molecule has 8 heteroatoms. The molecule has 1 fully saturated rings. The average molecular weight is 402 g/mol. The van der Waals surface area contributed by atoms with Gasteiger partial charge in [0, 0.05) is 22.5 Å². The molecule has 1 aliphatic heterocycles. The Labute approximate surface area is 164 Å². The highest BCUT2D eigenvalue weighted by Crippen LogP contribution is 2.29. The first-order chi connectivity index (χ1) is 13.5. The van der Waals surface area contributed by atoms with Crippen molar-refractivity contribution in [3.05, 3.63) is 74.9 Å². The van der Waals surface area contributed by atoms with Crippen LogP contribution in [0.3, 0.4) is 0 Å². The molecule has 4 rings (SSSR count). The Hall–Kier alpha value is -2.77. The molecule has 1 aromatic heterocycles. The van der Waals surface area contributed by atoms with Crippen molar-refractivity contribution in [1.82, 2.24) is 15.1 Å². The number of carbonyl (C=O) groups is 1. The maximum absolute atomic E-state index is 13.3. The van der Waals surface area contributed by atoms with Gasteiger partial charge in [-0.2, -0.15) is 5.10 Å². The summed E-state index contributed by atoms with van der Waals surface area (Å²) < 4.78 is 19.0. The van der Waals surface area contributed by atoms with Gasteiger partial charge in [0.2, 0.25) is 5.91 Å². The number of halogens is 2. The lowest BCUT2D eigenvalue weighted by Gasteiger charge is -2.33. The molecular formula is C20H17ClFN3O3. The summed E-state index contributed by atoms with van der Waals surface area (Å²) in [5.41, 5.74) is 0.875. The predicted octanol–water partition coefficient (Wildman–Crippen LogP) is 2.86. The highest BCUT2D eigenvalue weighted by molar-refractivity contribution is 6.31. The quantitative estimate of drug-likeness (QED) is 0.732. The molecule has 2 aromatic carbocycles. The second kappa shape index (κ2) is 7.69. The highest BCUT2D eigenvalue weighted by Gasteiger charge is 2.27. The number of morpholine rings is 1. The van der Waals surface area contributed by atoms with E-state index in [-0.39, 0.29) is 22.9 Å². The highest BCUT2D eigenvalue weighted by atomic mass is 35.5. The Morgan fingerprint density at radius 2 is 2.07 bits per heavy atom. The molecule has 28 heavy (non-hydrogen) atoms. The van der Waals surface area contributed by atoms with Crippen LogP contribution in [0.4, 0.5) is 4.39 Å². The molecule has 1 atom stereocenters. The summed E-state index contributed by atoms with van der Waals surface area (Å²) >= 11 is 6.13. The van der Waals surface area contributed by atoms with Crippen molar-refractivity contribution in [2.45, 2.75) is 12.5 Å². The maximum Gasteiger partial charge on any atom is 0.272 e. The molecule has 3 aromatic rings. The molecule has 1 amide bonds. The lowest BCUT2D eigenvalue weighted by Crippen LogP contribution is -2.43. The second-order valence-corrected chi connectivity index (χ2v) is 6.99. The Morgan fingerprint density at radius 3 is 2.86 bits per heavy atom. The number of ether oxygens (including phenoxy) is 1. The van der Waals surface area contributed by atoms with Crippen LogP contribution in [-0.2, 0) is 16.0 Å². The molecule has 6 nitrogen and oxygen atoms in total. The van der Waals surface area contributed by atoms with Crippen LogP contribution in [0.25, 0.3) is 10.8 Å². The number of fused-ring (bicyclic) bond motifs is 1. The Balaban J connectivity index is 1.54. The first-order valence-corrected chi connectivity index (χ1v) is 9.21. The van der Waals surface area contributed by atoms with Gasteiger partial charge >= 0.3 is 0 Å². The zero-order chi connectivity index (χ0) is 19.7. The van der Waals surface area contributed by atoms with Crippen molar-refractivity contribution in [3.8, 4) is 0 Å². The minimum Gasteiger partial charge on any atom is -0.370 e. The van der Waals surface area contributed by atoms with Crippen molar-refractivity contribution in [2.75, 3.05) is 19.7 Å². The van der Waals surface area contributed by atoms with Gasteiger partial charge in [-0.25, -0.2) is 9.49 Å². The minimum absolute atomic E-state index is 0.0567. The number of hydrogen-bond donors (Lipinski definition) is 1. The number of amides is 1. The molecule has 0 saturated carbocycles. The SMILES string of the molecule is O=C(Cc1n[nH]c(=O)c2ccccc12)N1CCOC(c2ccc(F)cc2Cl)C1. The van der Waals surface area contributed by atoms with Gasteiger partial charge in [0.25, 0.3) is 5.56 Å². The molecule has 1 aliphatic rings. The molecule has 0 bridgehead atoms. The van der Waals surface area contributed by atoms with Crippen LogP contribution in [0.15, 0.2) is 47.3 Å². The number of hydrogen-bond acceptors (Lipinski definition) is 4. The molecule has 1 unspecified atom stereocenters. The number of H-pyrrole nitrogens is 1. The topological polar surface area (TPSA) is 75.3 Å². The first-order valence-electron chi connectivity index (χ1n) is 8.83. The largest absolute Gasteiger partial charge is 0.370 e. The fourth-order valence-corrected chi connectivity index (χ4v) is 3.68. The van der Waals surface area contributed by atoms with Gasteiger partial charge in [-0.15, -0.1) is 0 Å². The third-order valence-corrected chi connectivity index (χ3v) is 5.15. The van der Waals surface area contributed by atoms with Crippen molar-refractivity contribution >= 4 is 28.3 Å². The molecule has 144 valence electrons. The van der Waals surface area contributed by atoms with Crippen molar-refractivity contribution in [1.29, 1.82) is 0 Å². The standard InChI is InChI=1S/C20H17ClFN3O3/c21-16-9-12(22)5-6-15(16)18-11-25(7-8-28-18)19(26)10-17-13-3-1-2-4-14(13)20(27)24-23-17/h1-6,9,18H,7-8,10-11H2,(H,24,27). The molecule has 0 radical (unpaired) electrons. The van der Waals surface area contributed by atoms with Gasteiger partial charge in [-0.05, 0) is 18.2 Å². The molecular weight excluding hydrogens is 385 g/mol. The van der Waals surface area contributed by atoms with Crippen LogP contribution >= 0.6 is 11.6 Å². The number of aromatic nitrogens is 2. The molecule has 0 aliphatic carbocycles. The number of benzene rings is 2. The summed E-state index contributed by atoms with van der Waals surface area (Å²) in [4.78, 5) is 26.4. The summed E-state index contributed by atoms with van der Waals surface area (Å²) in [6.07, 6.45) is -0.368. The van der Waals surface area contributed by atoms with E-state index in [1.165, 1.54) is 12.1 Å². The lowest BCUT2D eigenvalue weighted by atomic mass is 10.1. The van der Waals surface area contributed by atoms with E-state index in [9.17, 15) is 14.0 Å².